The highest BCUT2D eigenvalue weighted by Crippen LogP contribution is 2.38. The van der Waals surface area contributed by atoms with Crippen LogP contribution in [-0.2, 0) is 16.1 Å². The van der Waals surface area contributed by atoms with E-state index in [1.54, 1.807) is 25.9 Å². The number of hydrogen-bond acceptors (Lipinski definition) is 5. The number of Topliss-reactive ketones (excluding diaryl/α,β-unsaturated/α-hetero) is 1. The first-order valence-corrected chi connectivity index (χ1v) is 12.2. The minimum atomic E-state index is -3.60. The van der Waals surface area contributed by atoms with Crippen molar-refractivity contribution in [3.8, 4) is 11.8 Å². The number of nitriles is 1. The Morgan fingerprint density at radius 1 is 1.26 bits per heavy atom. The lowest BCUT2D eigenvalue weighted by molar-refractivity contribution is -0.124. The van der Waals surface area contributed by atoms with Gasteiger partial charge < -0.3 is 4.74 Å². The topological polar surface area (TPSA) is 53.3 Å². The molecule has 3 rings (SSSR count). The van der Waals surface area contributed by atoms with Crippen LogP contribution in [0.2, 0.25) is 6.82 Å². The number of likely N-dealkylation sites (tertiary alicyclic amines) is 1. The Balaban J connectivity index is 1.66. The highest BCUT2D eigenvalue weighted by molar-refractivity contribution is 8.11. The molecule has 1 aliphatic rings. The van der Waals surface area contributed by atoms with E-state index in [0.717, 1.165) is 11.1 Å². The summed E-state index contributed by atoms with van der Waals surface area (Å²) in [6.07, 6.45) is 1.25. The van der Waals surface area contributed by atoms with Crippen molar-refractivity contribution >= 4 is 29.7 Å². The fraction of sp³-hybridized carbons (Fsp3) is 0.462. The lowest BCUT2D eigenvalue weighted by Gasteiger charge is -2.41. The van der Waals surface area contributed by atoms with E-state index in [2.05, 4.69) is 23.4 Å². The van der Waals surface area contributed by atoms with Gasteiger partial charge in [0.05, 0.1) is 17.0 Å². The molecule has 0 atom stereocenters. The van der Waals surface area contributed by atoms with E-state index >= 15 is 0 Å². The molecule has 9 heteroatoms. The summed E-state index contributed by atoms with van der Waals surface area (Å²) in [5, 5.41) is 9.30. The van der Waals surface area contributed by atoms with E-state index in [1.165, 1.54) is 12.1 Å². The number of rotatable bonds is 9. The summed E-state index contributed by atoms with van der Waals surface area (Å²) in [4.78, 5) is 14.9. The van der Waals surface area contributed by atoms with Crippen LogP contribution in [-0.4, -0.2) is 49.6 Å². The zero-order valence-corrected chi connectivity index (χ0v) is 21.2. The van der Waals surface area contributed by atoms with Gasteiger partial charge >= 0.3 is 5.92 Å². The summed E-state index contributed by atoms with van der Waals surface area (Å²) >= 11 is 4.23. The monoisotopic (exact) mass is 502 g/mol. The first-order chi connectivity index (χ1) is 16.5. The number of thiol groups is 1. The van der Waals surface area contributed by atoms with E-state index in [1.807, 2.05) is 19.1 Å². The number of benzene rings is 2. The van der Waals surface area contributed by atoms with Crippen molar-refractivity contribution in [2.75, 3.05) is 32.9 Å². The van der Waals surface area contributed by atoms with Gasteiger partial charge in [0, 0.05) is 12.1 Å². The summed E-state index contributed by atoms with van der Waals surface area (Å²) in [7, 11) is 0. The molecule has 1 saturated heterocycles. The summed E-state index contributed by atoms with van der Waals surface area (Å²) in [6.45, 7) is 5.61. The van der Waals surface area contributed by atoms with Crippen molar-refractivity contribution in [2.45, 2.75) is 44.8 Å². The third-order valence-corrected chi connectivity index (χ3v) is 7.26. The molecule has 186 valence electrons. The molecule has 0 unspecified atom stereocenters. The quantitative estimate of drug-likeness (QED) is 0.400. The molecule has 0 saturated carbocycles. The van der Waals surface area contributed by atoms with Crippen LogP contribution in [0.15, 0.2) is 36.4 Å². The number of ether oxygens (including phenoxy) is 1. The molecule has 35 heavy (non-hydrogen) atoms. The van der Waals surface area contributed by atoms with Crippen LogP contribution in [0.4, 0.5) is 13.2 Å². The second-order valence-electron chi connectivity index (χ2n) is 9.23. The van der Waals surface area contributed by atoms with E-state index in [-0.39, 0.29) is 23.6 Å². The molecule has 0 radical (unpaired) electrons. The van der Waals surface area contributed by atoms with Gasteiger partial charge in [-0.2, -0.15) is 14.0 Å². The fourth-order valence-corrected chi connectivity index (χ4v) is 5.07. The van der Waals surface area contributed by atoms with Gasteiger partial charge in [0.15, 0.2) is 6.67 Å². The van der Waals surface area contributed by atoms with Gasteiger partial charge in [-0.25, -0.2) is 16.9 Å². The minimum absolute atomic E-state index is 0.0893. The van der Waals surface area contributed by atoms with Gasteiger partial charge in [0.2, 0.25) is 5.99 Å². The van der Waals surface area contributed by atoms with Crippen LogP contribution in [0, 0.1) is 18.3 Å². The van der Waals surface area contributed by atoms with Crippen LogP contribution >= 0.6 is 12.5 Å². The molecule has 0 N–H and O–H groups in total. The molecule has 1 fully saturated rings. The molecule has 2 aromatic carbocycles. The van der Waals surface area contributed by atoms with Crippen LogP contribution in [0.1, 0.15) is 42.0 Å². The normalized spacial score (nSPS) is 15.9. The third kappa shape index (κ3) is 5.87. The molecule has 1 heterocycles. The van der Waals surface area contributed by atoms with Crippen LogP contribution in [0.5, 0.6) is 5.75 Å². The largest absolute Gasteiger partial charge is 0.492 e. The number of piperidine rings is 1. The highest BCUT2D eigenvalue weighted by Gasteiger charge is 2.41. The molecule has 0 aliphatic carbocycles. The maximum Gasteiger partial charge on any atom is 0.300 e. The third-order valence-electron chi connectivity index (χ3n) is 6.98. The molecule has 0 aromatic heterocycles. The van der Waals surface area contributed by atoms with Gasteiger partial charge in [-0.15, -0.1) is 0 Å². The highest BCUT2D eigenvalue weighted by atomic mass is 32.1. The first kappa shape index (κ1) is 27.2. The van der Waals surface area contributed by atoms with Gasteiger partial charge in [-0.05, 0) is 75.2 Å². The van der Waals surface area contributed by atoms with Crippen LogP contribution in [0.3, 0.4) is 0 Å². The molecule has 0 amide bonds. The van der Waals surface area contributed by atoms with Crippen LogP contribution in [0.25, 0.3) is 0 Å². The standard InChI is InChI=1S/C26H30BF3N2O2S/c1-18-4-5-20(16-31)14-22(18)25(19(2)33)8-10-32(11-9-25)12-13-34-21-6-7-24(27(3)35)23(15-21)26(29,30)17-28/h4-7,14-15,35H,8-13,17H2,1-3H3. The smallest absolute Gasteiger partial charge is 0.300 e. The van der Waals surface area contributed by atoms with Gasteiger partial charge in [-0.1, -0.05) is 24.4 Å². The SMILES string of the molecule is CB(S)c1ccc(OCCN2CCC(C(C)=O)(c3cc(C#N)ccc3C)CC2)cc1C(F)(F)CF. The maximum atomic E-state index is 14.1. The zero-order valence-electron chi connectivity index (χ0n) is 20.3. The molecule has 4 nitrogen and oxygen atoms in total. The van der Waals surface area contributed by atoms with Crippen molar-refractivity contribution in [3.05, 3.63) is 58.7 Å². The van der Waals surface area contributed by atoms with Crippen molar-refractivity contribution < 1.29 is 22.7 Å². The number of hydrogen-bond donors (Lipinski definition) is 1. The average molecular weight is 502 g/mol. The molecule has 2 aromatic rings. The lowest BCUT2D eigenvalue weighted by Crippen LogP contribution is -2.47. The van der Waals surface area contributed by atoms with Crippen molar-refractivity contribution in [3.63, 3.8) is 0 Å². The van der Waals surface area contributed by atoms with E-state index < -0.39 is 29.6 Å². The lowest BCUT2D eigenvalue weighted by atomic mass is 9.68. The summed E-state index contributed by atoms with van der Waals surface area (Å²) in [5.41, 5.74) is 1.70. The number of halogens is 3. The fourth-order valence-electron chi connectivity index (χ4n) is 4.85. The molecule has 0 spiro atoms. The van der Waals surface area contributed by atoms with Gasteiger partial charge in [0.25, 0.3) is 0 Å². The molecular formula is C26H30BF3N2O2S. The molecular weight excluding hydrogens is 472 g/mol. The Labute approximate surface area is 210 Å². The number of carbonyl (C=O) groups is 1. The number of alkyl halides is 3. The molecule has 1 aliphatic heterocycles. The predicted molar refractivity (Wildman–Crippen MR) is 136 cm³/mol. The number of ketones is 1. The van der Waals surface area contributed by atoms with Gasteiger partial charge in [0.1, 0.15) is 18.1 Å². The first-order valence-electron chi connectivity index (χ1n) is 11.7. The van der Waals surface area contributed by atoms with Crippen molar-refractivity contribution in [2.24, 2.45) is 0 Å². The van der Waals surface area contributed by atoms with E-state index in [0.29, 0.717) is 38.0 Å². The summed E-state index contributed by atoms with van der Waals surface area (Å²) in [6, 6.07) is 11.9. The average Bonchev–Trinajstić information content (AvgIpc) is 2.84. The second kappa shape index (κ2) is 11.1. The second-order valence-corrected chi connectivity index (χ2v) is 10.0. The minimum Gasteiger partial charge on any atom is -0.492 e. The van der Waals surface area contributed by atoms with Crippen molar-refractivity contribution in [1.29, 1.82) is 5.26 Å². The Bertz CT molecular complexity index is 1110. The summed E-state index contributed by atoms with van der Waals surface area (Å²) < 4.78 is 47.0. The number of aryl methyl sites for hydroxylation is 1. The molecule has 0 bridgehead atoms. The Kier molecular flexibility index (Phi) is 8.61. The van der Waals surface area contributed by atoms with Crippen LogP contribution < -0.4 is 10.2 Å². The Morgan fingerprint density at radius 2 is 1.94 bits per heavy atom. The van der Waals surface area contributed by atoms with E-state index in [4.69, 9.17) is 4.74 Å². The summed E-state index contributed by atoms with van der Waals surface area (Å²) in [5.74, 6) is -3.73. The number of nitrogens with zero attached hydrogens (tertiary/aromatic N) is 2. The number of carbonyl (C=O) groups excluding carboxylic acids is 1. The Morgan fingerprint density at radius 3 is 2.51 bits per heavy atom. The zero-order chi connectivity index (χ0) is 25.8. The predicted octanol–water partition coefficient (Wildman–Crippen LogP) is 4.69. The van der Waals surface area contributed by atoms with Gasteiger partial charge in [-0.3, -0.25) is 9.69 Å². The van der Waals surface area contributed by atoms with Crippen molar-refractivity contribution in [1.82, 2.24) is 4.90 Å². The van der Waals surface area contributed by atoms with E-state index in [9.17, 15) is 23.2 Å². The Hall–Kier alpha value is -2.44. The maximum absolute atomic E-state index is 14.1.